The van der Waals surface area contributed by atoms with E-state index in [1.54, 1.807) is 0 Å². The minimum atomic E-state index is -0.0996. The molecule has 3 rings (SSSR count). The van der Waals surface area contributed by atoms with Gasteiger partial charge in [-0.1, -0.05) is 45.7 Å². The third-order valence-electron chi connectivity index (χ3n) is 3.39. The summed E-state index contributed by atoms with van der Waals surface area (Å²) in [6.45, 7) is 0.565. The van der Waals surface area contributed by atoms with Crippen molar-refractivity contribution >= 4 is 33.4 Å². The van der Waals surface area contributed by atoms with Crippen LogP contribution in [0.25, 0.3) is 0 Å². The molecule has 21 heavy (non-hydrogen) atoms. The van der Waals surface area contributed by atoms with Gasteiger partial charge in [0.25, 0.3) is 5.91 Å². The summed E-state index contributed by atoms with van der Waals surface area (Å²) < 4.78 is 1.01. The lowest BCUT2D eigenvalue weighted by Gasteiger charge is -2.22. The van der Waals surface area contributed by atoms with E-state index in [-0.39, 0.29) is 11.1 Å². The van der Waals surface area contributed by atoms with Crippen molar-refractivity contribution in [1.29, 1.82) is 0 Å². The normalized spacial score (nSPS) is 14.0. The summed E-state index contributed by atoms with van der Waals surface area (Å²) in [6.07, 6.45) is 4.91. The van der Waals surface area contributed by atoms with Gasteiger partial charge >= 0.3 is 0 Å². The number of nitrogens with zero attached hydrogens (tertiary/aromatic N) is 3. The van der Waals surface area contributed by atoms with E-state index < -0.39 is 0 Å². The van der Waals surface area contributed by atoms with E-state index in [4.69, 9.17) is 11.6 Å². The maximum absolute atomic E-state index is 12.6. The standard InChI is InChI=1S/C15H13BrClN3O/c16-12-4-2-1-3-10(12)9-20(11-5-6-11)15(21)13-7-19-14(17)8-18-13/h1-4,7-8,11H,5-6,9H2. The molecule has 0 spiro atoms. The molecule has 1 fully saturated rings. The Labute approximate surface area is 136 Å². The Balaban J connectivity index is 1.83. The van der Waals surface area contributed by atoms with E-state index in [0.717, 1.165) is 22.9 Å². The van der Waals surface area contributed by atoms with Crippen LogP contribution in [0.15, 0.2) is 41.1 Å². The Morgan fingerprint density at radius 1 is 1.29 bits per heavy atom. The summed E-state index contributed by atoms with van der Waals surface area (Å²) >= 11 is 9.24. The van der Waals surface area contributed by atoms with Gasteiger partial charge in [0.1, 0.15) is 10.8 Å². The van der Waals surface area contributed by atoms with Gasteiger partial charge in [-0.05, 0) is 24.5 Å². The van der Waals surface area contributed by atoms with Gasteiger partial charge in [-0.2, -0.15) is 0 Å². The first-order valence-electron chi connectivity index (χ1n) is 6.67. The number of carbonyl (C=O) groups is 1. The van der Waals surface area contributed by atoms with Crippen molar-refractivity contribution in [3.05, 3.63) is 57.5 Å². The summed E-state index contributed by atoms with van der Waals surface area (Å²) in [4.78, 5) is 22.5. The van der Waals surface area contributed by atoms with Gasteiger partial charge in [-0.25, -0.2) is 9.97 Å². The fourth-order valence-corrected chi connectivity index (χ4v) is 2.64. The minimum Gasteiger partial charge on any atom is -0.330 e. The first-order chi connectivity index (χ1) is 10.1. The van der Waals surface area contributed by atoms with E-state index in [9.17, 15) is 4.79 Å². The molecule has 2 aromatic rings. The van der Waals surface area contributed by atoms with Crippen LogP contribution in [0.2, 0.25) is 5.15 Å². The SMILES string of the molecule is O=C(c1cnc(Cl)cn1)N(Cc1ccccc1Br)C1CC1. The third-order valence-corrected chi connectivity index (χ3v) is 4.36. The average Bonchev–Trinajstić information content (AvgIpc) is 3.31. The van der Waals surface area contributed by atoms with Crippen molar-refractivity contribution in [3.63, 3.8) is 0 Å². The largest absolute Gasteiger partial charge is 0.330 e. The van der Waals surface area contributed by atoms with E-state index in [0.29, 0.717) is 18.3 Å². The van der Waals surface area contributed by atoms with Crippen molar-refractivity contribution in [2.45, 2.75) is 25.4 Å². The van der Waals surface area contributed by atoms with Crippen LogP contribution in [0, 0.1) is 0 Å². The molecular weight excluding hydrogens is 354 g/mol. The van der Waals surface area contributed by atoms with Crippen molar-refractivity contribution < 1.29 is 4.79 Å². The summed E-state index contributed by atoms with van der Waals surface area (Å²) in [7, 11) is 0. The van der Waals surface area contributed by atoms with Crippen LogP contribution < -0.4 is 0 Å². The molecule has 1 aromatic heterocycles. The summed E-state index contributed by atoms with van der Waals surface area (Å²) in [5.74, 6) is -0.0996. The van der Waals surface area contributed by atoms with Gasteiger partial charge in [0.15, 0.2) is 0 Å². The van der Waals surface area contributed by atoms with E-state index >= 15 is 0 Å². The molecule has 0 atom stereocenters. The minimum absolute atomic E-state index is 0.0996. The lowest BCUT2D eigenvalue weighted by Crippen LogP contribution is -2.33. The Morgan fingerprint density at radius 3 is 2.67 bits per heavy atom. The van der Waals surface area contributed by atoms with Gasteiger partial charge in [0.05, 0.1) is 12.4 Å². The maximum atomic E-state index is 12.6. The molecule has 0 radical (unpaired) electrons. The topological polar surface area (TPSA) is 46.1 Å². The molecule has 1 aromatic carbocycles. The summed E-state index contributed by atoms with van der Waals surface area (Å²) in [5, 5.41) is 0.287. The van der Waals surface area contributed by atoms with Crippen LogP contribution in [0.3, 0.4) is 0 Å². The number of amides is 1. The zero-order valence-corrected chi connectivity index (χ0v) is 13.5. The zero-order valence-electron chi connectivity index (χ0n) is 11.2. The number of halogens is 2. The Hall–Kier alpha value is -1.46. The molecule has 4 nitrogen and oxygen atoms in total. The molecule has 0 N–H and O–H groups in total. The van der Waals surface area contributed by atoms with Gasteiger partial charge < -0.3 is 4.90 Å². The van der Waals surface area contributed by atoms with Gasteiger partial charge in [0.2, 0.25) is 0 Å². The fraction of sp³-hybridized carbons (Fsp3) is 0.267. The van der Waals surface area contributed by atoms with Crippen LogP contribution in [-0.2, 0) is 6.54 Å². The van der Waals surface area contributed by atoms with Crippen LogP contribution >= 0.6 is 27.5 Å². The Morgan fingerprint density at radius 2 is 2.05 bits per heavy atom. The Bertz CT molecular complexity index is 658. The summed E-state index contributed by atoms with van der Waals surface area (Å²) in [5.41, 5.74) is 1.41. The highest BCUT2D eigenvalue weighted by Crippen LogP contribution is 2.31. The van der Waals surface area contributed by atoms with Gasteiger partial charge in [-0.3, -0.25) is 4.79 Å². The number of carbonyl (C=O) groups excluding carboxylic acids is 1. The molecule has 1 amide bonds. The number of aromatic nitrogens is 2. The van der Waals surface area contributed by atoms with Crippen molar-refractivity contribution in [2.75, 3.05) is 0 Å². The molecule has 6 heteroatoms. The lowest BCUT2D eigenvalue weighted by atomic mass is 10.2. The lowest BCUT2D eigenvalue weighted by molar-refractivity contribution is 0.0723. The van der Waals surface area contributed by atoms with E-state index in [2.05, 4.69) is 25.9 Å². The second-order valence-electron chi connectivity index (χ2n) is 4.98. The smallest absolute Gasteiger partial charge is 0.274 e. The summed E-state index contributed by atoms with van der Waals surface area (Å²) in [6, 6.07) is 8.22. The molecule has 1 aliphatic rings. The molecule has 0 unspecified atom stereocenters. The van der Waals surface area contributed by atoms with Crippen molar-refractivity contribution in [2.24, 2.45) is 0 Å². The zero-order chi connectivity index (χ0) is 14.8. The molecule has 0 saturated heterocycles. The second-order valence-corrected chi connectivity index (χ2v) is 6.22. The predicted octanol–water partition coefficient (Wildman–Crippen LogP) is 3.70. The molecule has 1 saturated carbocycles. The van der Waals surface area contributed by atoms with Crippen LogP contribution in [0.4, 0.5) is 0 Å². The van der Waals surface area contributed by atoms with Crippen molar-refractivity contribution in [3.8, 4) is 0 Å². The molecule has 1 heterocycles. The van der Waals surface area contributed by atoms with E-state index in [1.165, 1.54) is 12.4 Å². The van der Waals surface area contributed by atoms with Crippen molar-refractivity contribution in [1.82, 2.24) is 14.9 Å². The van der Waals surface area contributed by atoms with E-state index in [1.807, 2.05) is 29.2 Å². The van der Waals surface area contributed by atoms with Gasteiger partial charge in [0, 0.05) is 17.1 Å². The molecule has 1 aliphatic carbocycles. The highest BCUT2D eigenvalue weighted by atomic mass is 79.9. The third kappa shape index (κ3) is 3.41. The molecular formula is C15H13BrClN3O. The Kier molecular flexibility index (Phi) is 4.22. The quantitative estimate of drug-likeness (QED) is 0.829. The number of hydrogen-bond donors (Lipinski definition) is 0. The fourth-order valence-electron chi connectivity index (χ4n) is 2.13. The monoisotopic (exact) mass is 365 g/mol. The molecule has 0 aliphatic heterocycles. The van der Waals surface area contributed by atoms with Gasteiger partial charge in [-0.15, -0.1) is 0 Å². The maximum Gasteiger partial charge on any atom is 0.274 e. The highest BCUT2D eigenvalue weighted by Gasteiger charge is 2.34. The number of benzene rings is 1. The first-order valence-corrected chi connectivity index (χ1v) is 7.84. The number of rotatable bonds is 4. The van der Waals surface area contributed by atoms with Crippen LogP contribution in [0.5, 0.6) is 0 Å². The van der Waals surface area contributed by atoms with Crippen LogP contribution in [-0.4, -0.2) is 26.8 Å². The average molecular weight is 367 g/mol. The molecule has 108 valence electrons. The van der Waals surface area contributed by atoms with Crippen LogP contribution in [0.1, 0.15) is 28.9 Å². The number of hydrogen-bond acceptors (Lipinski definition) is 3. The first kappa shape index (κ1) is 14.5. The highest BCUT2D eigenvalue weighted by molar-refractivity contribution is 9.10. The molecule has 0 bridgehead atoms. The second kappa shape index (κ2) is 6.12. The predicted molar refractivity (Wildman–Crippen MR) is 84.1 cm³/mol.